The summed E-state index contributed by atoms with van der Waals surface area (Å²) >= 11 is 0. The number of rotatable bonds is 25. The molecule has 0 aliphatic carbocycles. The van der Waals surface area contributed by atoms with Gasteiger partial charge in [0, 0.05) is 0 Å². The first-order chi connectivity index (χ1) is 13.9. The Morgan fingerprint density at radius 1 is 0.207 bits per heavy atom. The molecule has 2 N–H and O–H groups in total. The quantitative estimate of drug-likeness (QED) is 0.133. The van der Waals surface area contributed by atoms with Crippen molar-refractivity contribution in [3.05, 3.63) is 0 Å². The molecule has 0 aliphatic rings. The van der Waals surface area contributed by atoms with Crippen LogP contribution in [0, 0.1) is 0 Å². The molecule has 0 aliphatic heterocycles. The first-order valence-electron chi connectivity index (χ1n) is 13.9. The van der Waals surface area contributed by atoms with Crippen LogP contribution < -0.4 is 0 Å². The molecule has 0 unspecified atom stereocenters. The van der Waals surface area contributed by atoms with Crippen LogP contribution in [-0.2, 0) is 0 Å². The minimum Gasteiger partial charge on any atom is -0.412 e. The molecule has 29 heavy (non-hydrogen) atoms. The topological polar surface area (TPSA) is 31.5 Å². The second-order valence-electron chi connectivity index (χ2n) is 9.49. The third-order valence-corrected chi connectivity index (χ3v) is 6.46. The van der Waals surface area contributed by atoms with Gasteiger partial charge in [0.2, 0.25) is 0 Å². The zero-order valence-corrected chi connectivity index (χ0v) is 20.9. The third kappa shape index (κ3) is 30.2. The van der Waals surface area contributed by atoms with Crippen molar-refractivity contribution in [2.45, 2.75) is 181 Å². The lowest BCUT2D eigenvalue weighted by atomic mass is 10.0. The molecule has 0 heterocycles. The van der Waals surface area contributed by atoms with Gasteiger partial charge in [0.1, 0.15) is 0 Å². The molecule has 0 fully saturated rings. The molecule has 0 spiro atoms. The monoisotopic (exact) mass is 412 g/mol. The molecule has 0 amide bonds. The Labute approximate surface area is 186 Å². The largest absolute Gasteiger partial charge is 0.412 e. The summed E-state index contributed by atoms with van der Waals surface area (Å²) in [6.07, 6.45) is 38.4. The number of hydrogen-bond donors (Lipinski definition) is 0. The molecule has 0 atom stereocenters. The zero-order valence-electron chi connectivity index (χ0n) is 20.9. The van der Waals surface area contributed by atoms with Gasteiger partial charge in [0.05, 0.1) is 0 Å². The highest BCUT2D eigenvalue weighted by Gasteiger charge is 1.96. The maximum Gasteiger partial charge on any atom is -0.0533 e. The predicted octanol–water partition coefficient (Wildman–Crippen LogP) is 10.3. The van der Waals surface area contributed by atoms with E-state index in [9.17, 15) is 0 Å². The Morgan fingerprint density at radius 3 is 0.414 bits per heavy atom. The average Bonchev–Trinajstić information content (AvgIpc) is 2.71. The van der Waals surface area contributed by atoms with Crippen molar-refractivity contribution in [3.63, 3.8) is 0 Å². The second kappa shape index (κ2) is 30.2. The molecule has 1 heteroatoms. The highest BCUT2D eigenvalue weighted by molar-refractivity contribution is 4.51. The van der Waals surface area contributed by atoms with Crippen molar-refractivity contribution in [2.75, 3.05) is 0 Å². The summed E-state index contributed by atoms with van der Waals surface area (Å²) in [6.45, 7) is 4.61. The Hall–Kier alpha value is -0.0400. The maximum absolute atomic E-state index is 2.30. The van der Waals surface area contributed by atoms with E-state index in [1.165, 1.54) is 167 Å². The SMILES string of the molecule is CCCCCCCCCCCCCCCCCCCCCCCCCCCC.O. The molecule has 0 aromatic rings. The lowest BCUT2D eigenvalue weighted by Gasteiger charge is -2.04. The van der Waals surface area contributed by atoms with Gasteiger partial charge in [-0.15, -0.1) is 0 Å². The van der Waals surface area contributed by atoms with Crippen LogP contribution in [0.2, 0.25) is 0 Å². The lowest BCUT2D eigenvalue weighted by molar-refractivity contribution is 0.516. The fraction of sp³-hybridized carbons (Fsp3) is 1.00. The van der Waals surface area contributed by atoms with Crippen molar-refractivity contribution in [1.29, 1.82) is 0 Å². The minimum atomic E-state index is 0. The molecule has 0 bridgehead atoms. The van der Waals surface area contributed by atoms with Gasteiger partial charge in [-0.05, 0) is 0 Å². The van der Waals surface area contributed by atoms with E-state index in [0.29, 0.717) is 0 Å². The summed E-state index contributed by atoms with van der Waals surface area (Å²) in [5.74, 6) is 0. The van der Waals surface area contributed by atoms with Gasteiger partial charge in [-0.25, -0.2) is 0 Å². The summed E-state index contributed by atoms with van der Waals surface area (Å²) in [7, 11) is 0. The van der Waals surface area contributed by atoms with Crippen molar-refractivity contribution >= 4 is 0 Å². The molecule has 0 aromatic heterocycles. The minimum absolute atomic E-state index is 0. The van der Waals surface area contributed by atoms with E-state index in [-0.39, 0.29) is 5.48 Å². The van der Waals surface area contributed by atoms with Gasteiger partial charge in [0.15, 0.2) is 0 Å². The van der Waals surface area contributed by atoms with Gasteiger partial charge in [-0.3, -0.25) is 0 Å². The Balaban J connectivity index is 0. The summed E-state index contributed by atoms with van der Waals surface area (Å²) in [6, 6.07) is 0. The molecular formula is C28H60O. The van der Waals surface area contributed by atoms with Crippen molar-refractivity contribution in [3.8, 4) is 0 Å². The molecule has 0 saturated heterocycles. The summed E-state index contributed by atoms with van der Waals surface area (Å²) in [5, 5.41) is 0. The second-order valence-corrected chi connectivity index (χ2v) is 9.49. The van der Waals surface area contributed by atoms with Crippen LogP contribution in [0.25, 0.3) is 0 Å². The molecule has 0 rings (SSSR count). The van der Waals surface area contributed by atoms with E-state index in [0.717, 1.165) is 0 Å². The molecule has 178 valence electrons. The Morgan fingerprint density at radius 2 is 0.310 bits per heavy atom. The van der Waals surface area contributed by atoms with Gasteiger partial charge in [0.25, 0.3) is 0 Å². The highest BCUT2D eigenvalue weighted by Crippen LogP contribution is 2.15. The van der Waals surface area contributed by atoms with Crippen LogP contribution >= 0.6 is 0 Å². The van der Waals surface area contributed by atoms with Gasteiger partial charge in [-0.1, -0.05) is 181 Å². The normalized spacial score (nSPS) is 11.0. The number of unbranched alkanes of at least 4 members (excludes halogenated alkanes) is 25. The van der Waals surface area contributed by atoms with Crippen molar-refractivity contribution in [2.24, 2.45) is 0 Å². The van der Waals surface area contributed by atoms with Crippen LogP contribution in [0.3, 0.4) is 0 Å². The third-order valence-electron chi connectivity index (χ3n) is 6.46. The van der Waals surface area contributed by atoms with Crippen LogP contribution in [0.5, 0.6) is 0 Å². The summed E-state index contributed by atoms with van der Waals surface area (Å²) in [4.78, 5) is 0. The molecule has 1 nitrogen and oxygen atoms in total. The van der Waals surface area contributed by atoms with Crippen molar-refractivity contribution < 1.29 is 5.48 Å². The van der Waals surface area contributed by atoms with E-state index < -0.39 is 0 Å². The predicted molar refractivity (Wildman–Crippen MR) is 135 cm³/mol. The Bertz CT molecular complexity index is 225. The van der Waals surface area contributed by atoms with E-state index >= 15 is 0 Å². The van der Waals surface area contributed by atoms with Crippen LogP contribution in [-0.4, -0.2) is 5.48 Å². The van der Waals surface area contributed by atoms with Gasteiger partial charge in [-0.2, -0.15) is 0 Å². The van der Waals surface area contributed by atoms with E-state index in [1.807, 2.05) is 0 Å². The highest BCUT2D eigenvalue weighted by atomic mass is 16.0. The van der Waals surface area contributed by atoms with Crippen LogP contribution in [0.1, 0.15) is 181 Å². The first-order valence-corrected chi connectivity index (χ1v) is 13.9. The van der Waals surface area contributed by atoms with Crippen LogP contribution in [0.4, 0.5) is 0 Å². The standard InChI is InChI=1S/C28H58.H2O/c1-3-5-7-9-11-13-15-17-19-21-23-25-27-28-26-24-22-20-18-16-14-12-10-8-6-4-2;/h3-28H2,1-2H3;1H2. The van der Waals surface area contributed by atoms with Crippen molar-refractivity contribution in [1.82, 2.24) is 0 Å². The van der Waals surface area contributed by atoms with E-state index in [2.05, 4.69) is 13.8 Å². The number of hydrogen-bond acceptors (Lipinski definition) is 0. The Kier molecular flexibility index (Phi) is 32.4. The molecular weight excluding hydrogens is 352 g/mol. The first kappa shape index (κ1) is 31.1. The smallest absolute Gasteiger partial charge is 0.0533 e. The summed E-state index contributed by atoms with van der Waals surface area (Å²) < 4.78 is 0. The average molecular weight is 413 g/mol. The van der Waals surface area contributed by atoms with E-state index in [1.54, 1.807) is 0 Å². The summed E-state index contributed by atoms with van der Waals surface area (Å²) in [5.41, 5.74) is 0. The van der Waals surface area contributed by atoms with Crippen LogP contribution in [0.15, 0.2) is 0 Å². The fourth-order valence-electron chi connectivity index (χ4n) is 4.39. The molecule has 0 saturated carbocycles. The fourth-order valence-corrected chi connectivity index (χ4v) is 4.39. The molecule has 0 aromatic carbocycles. The lowest BCUT2D eigenvalue weighted by Crippen LogP contribution is -1.84. The van der Waals surface area contributed by atoms with Gasteiger partial charge < -0.3 is 5.48 Å². The zero-order chi connectivity index (χ0) is 20.4. The maximum atomic E-state index is 2.30. The van der Waals surface area contributed by atoms with E-state index in [4.69, 9.17) is 0 Å². The van der Waals surface area contributed by atoms with Gasteiger partial charge >= 0.3 is 0 Å². The molecule has 0 radical (unpaired) electrons.